The summed E-state index contributed by atoms with van der Waals surface area (Å²) >= 11 is 0. The zero-order valence-electron chi connectivity index (χ0n) is 10.8. The van der Waals surface area contributed by atoms with Crippen LogP contribution in [0.5, 0.6) is 0 Å². The van der Waals surface area contributed by atoms with Gasteiger partial charge in [0.15, 0.2) is 0 Å². The van der Waals surface area contributed by atoms with Crippen molar-refractivity contribution < 1.29 is 0 Å². The third-order valence-corrected chi connectivity index (χ3v) is 3.77. The number of rotatable bonds is 3. The van der Waals surface area contributed by atoms with E-state index in [0.717, 1.165) is 36.5 Å². The minimum atomic E-state index is 0.680. The lowest BCUT2D eigenvalue weighted by Gasteiger charge is -2.30. The summed E-state index contributed by atoms with van der Waals surface area (Å²) in [6, 6.07) is 8.89. The molecule has 0 amide bonds. The third kappa shape index (κ3) is 2.40. The van der Waals surface area contributed by atoms with Gasteiger partial charge in [-0.1, -0.05) is 12.1 Å². The van der Waals surface area contributed by atoms with Crippen LogP contribution in [0.4, 0.5) is 0 Å². The highest BCUT2D eigenvalue weighted by Crippen LogP contribution is 2.15. The number of para-hydroxylation sites is 2. The van der Waals surface area contributed by atoms with Crippen molar-refractivity contribution in [2.24, 2.45) is 0 Å². The summed E-state index contributed by atoms with van der Waals surface area (Å²) in [5, 5.41) is 3.40. The first kappa shape index (κ1) is 11.7. The molecule has 1 aromatic heterocycles. The lowest BCUT2D eigenvalue weighted by Crippen LogP contribution is -2.40. The number of fused-ring (bicyclic) bond motifs is 1. The summed E-state index contributed by atoms with van der Waals surface area (Å²) in [5.41, 5.74) is 2.19. The molecule has 1 aliphatic rings. The van der Waals surface area contributed by atoms with Crippen molar-refractivity contribution in [3.63, 3.8) is 0 Å². The quantitative estimate of drug-likeness (QED) is 0.864. The average Bonchev–Trinajstić information content (AvgIpc) is 2.82. The maximum atomic E-state index is 4.63. The Bertz CT molecular complexity index is 480. The number of H-pyrrole nitrogens is 1. The number of imidazole rings is 1. The van der Waals surface area contributed by atoms with Gasteiger partial charge in [-0.2, -0.15) is 0 Å². The van der Waals surface area contributed by atoms with Crippen LogP contribution in [-0.2, 0) is 6.54 Å². The van der Waals surface area contributed by atoms with Crippen molar-refractivity contribution >= 4 is 11.0 Å². The van der Waals surface area contributed by atoms with Crippen molar-refractivity contribution in [1.29, 1.82) is 0 Å². The lowest BCUT2D eigenvalue weighted by molar-refractivity contribution is 0.188. The SMILES string of the molecule is CN(Cc1nc2ccccc2[nH]1)C1CCNCC1. The van der Waals surface area contributed by atoms with Crippen LogP contribution in [0.2, 0.25) is 0 Å². The molecule has 4 nitrogen and oxygen atoms in total. The molecule has 0 saturated carbocycles. The molecular formula is C14H20N4. The van der Waals surface area contributed by atoms with Crippen molar-refractivity contribution in [2.75, 3.05) is 20.1 Å². The Balaban J connectivity index is 1.71. The summed E-state index contributed by atoms with van der Waals surface area (Å²) < 4.78 is 0. The van der Waals surface area contributed by atoms with Crippen LogP contribution in [0.1, 0.15) is 18.7 Å². The molecule has 3 rings (SSSR count). The van der Waals surface area contributed by atoms with Crippen LogP contribution in [0.25, 0.3) is 11.0 Å². The molecule has 0 atom stereocenters. The minimum absolute atomic E-state index is 0.680. The Hall–Kier alpha value is -1.39. The van der Waals surface area contributed by atoms with Crippen LogP contribution >= 0.6 is 0 Å². The van der Waals surface area contributed by atoms with E-state index in [2.05, 4.69) is 39.4 Å². The normalized spacial score (nSPS) is 17.7. The average molecular weight is 244 g/mol. The predicted octanol–water partition coefficient (Wildman–Crippen LogP) is 1.75. The van der Waals surface area contributed by atoms with Gasteiger partial charge >= 0.3 is 0 Å². The van der Waals surface area contributed by atoms with Crippen LogP contribution in [-0.4, -0.2) is 41.0 Å². The predicted molar refractivity (Wildman–Crippen MR) is 73.5 cm³/mol. The molecule has 0 aliphatic carbocycles. The Labute approximate surface area is 107 Å². The number of nitrogens with zero attached hydrogens (tertiary/aromatic N) is 2. The fourth-order valence-corrected chi connectivity index (χ4v) is 2.69. The van der Waals surface area contributed by atoms with Gasteiger partial charge in [0.1, 0.15) is 5.82 Å². The van der Waals surface area contributed by atoms with E-state index >= 15 is 0 Å². The largest absolute Gasteiger partial charge is 0.341 e. The fourth-order valence-electron chi connectivity index (χ4n) is 2.69. The molecule has 2 heterocycles. The summed E-state index contributed by atoms with van der Waals surface area (Å²) in [6.45, 7) is 3.17. The Morgan fingerprint density at radius 2 is 2.06 bits per heavy atom. The summed E-state index contributed by atoms with van der Waals surface area (Å²) in [6.07, 6.45) is 2.47. The summed E-state index contributed by atoms with van der Waals surface area (Å²) in [5.74, 6) is 1.07. The van der Waals surface area contributed by atoms with Crippen molar-refractivity contribution in [3.8, 4) is 0 Å². The summed E-state index contributed by atoms with van der Waals surface area (Å²) in [7, 11) is 2.20. The molecule has 0 bridgehead atoms. The van der Waals surface area contributed by atoms with Gasteiger partial charge in [0.05, 0.1) is 17.6 Å². The Morgan fingerprint density at radius 1 is 1.28 bits per heavy atom. The third-order valence-electron chi connectivity index (χ3n) is 3.77. The van der Waals surface area contributed by atoms with Crippen molar-refractivity contribution in [2.45, 2.75) is 25.4 Å². The van der Waals surface area contributed by atoms with Gasteiger partial charge in [-0.25, -0.2) is 4.98 Å². The molecule has 1 fully saturated rings. The first-order valence-corrected chi connectivity index (χ1v) is 6.67. The first-order valence-electron chi connectivity index (χ1n) is 6.67. The molecule has 96 valence electrons. The van der Waals surface area contributed by atoms with Crippen LogP contribution < -0.4 is 5.32 Å². The highest BCUT2D eigenvalue weighted by molar-refractivity contribution is 5.74. The Kier molecular flexibility index (Phi) is 3.30. The second kappa shape index (κ2) is 5.08. The van der Waals surface area contributed by atoms with Gasteiger partial charge in [0.2, 0.25) is 0 Å². The van der Waals surface area contributed by atoms with E-state index in [4.69, 9.17) is 0 Å². The van der Waals surface area contributed by atoms with Gasteiger partial charge in [-0.15, -0.1) is 0 Å². The monoisotopic (exact) mass is 244 g/mol. The van der Waals surface area contributed by atoms with Gasteiger partial charge in [-0.05, 0) is 45.1 Å². The number of aromatic nitrogens is 2. The molecule has 18 heavy (non-hydrogen) atoms. The second-order valence-corrected chi connectivity index (χ2v) is 5.10. The molecule has 0 spiro atoms. The number of benzene rings is 1. The molecule has 0 radical (unpaired) electrons. The van der Waals surface area contributed by atoms with Crippen LogP contribution in [0.15, 0.2) is 24.3 Å². The van der Waals surface area contributed by atoms with E-state index in [1.54, 1.807) is 0 Å². The number of hydrogen-bond donors (Lipinski definition) is 2. The molecule has 2 N–H and O–H groups in total. The van der Waals surface area contributed by atoms with Gasteiger partial charge in [0.25, 0.3) is 0 Å². The molecular weight excluding hydrogens is 224 g/mol. The number of nitrogens with one attached hydrogen (secondary N) is 2. The highest BCUT2D eigenvalue weighted by atomic mass is 15.2. The van der Waals surface area contributed by atoms with Gasteiger partial charge < -0.3 is 10.3 Å². The molecule has 1 aliphatic heterocycles. The fraction of sp³-hybridized carbons (Fsp3) is 0.500. The van der Waals surface area contributed by atoms with E-state index < -0.39 is 0 Å². The Morgan fingerprint density at radius 3 is 2.83 bits per heavy atom. The molecule has 0 unspecified atom stereocenters. The minimum Gasteiger partial charge on any atom is -0.341 e. The van der Waals surface area contributed by atoms with Gasteiger partial charge in [0, 0.05) is 6.04 Å². The van der Waals surface area contributed by atoms with E-state index in [1.807, 2.05) is 12.1 Å². The molecule has 2 aromatic rings. The standard InChI is InChI=1S/C14H20N4/c1-18(11-6-8-15-9-7-11)10-14-16-12-4-2-3-5-13(12)17-14/h2-5,11,15H,6-10H2,1H3,(H,16,17). The maximum absolute atomic E-state index is 4.63. The number of aromatic amines is 1. The topological polar surface area (TPSA) is 44.0 Å². The maximum Gasteiger partial charge on any atom is 0.121 e. The second-order valence-electron chi connectivity index (χ2n) is 5.10. The van der Waals surface area contributed by atoms with E-state index in [9.17, 15) is 0 Å². The lowest BCUT2D eigenvalue weighted by atomic mass is 10.1. The number of hydrogen-bond acceptors (Lipinski definition) is 3. The molecule has 1 saturated heterocycles. The van der Waals surface area contributed by atoms with E-state index in [0.29, 0.717) is 6.04 Å². The highest BCUT2D eigenvalue weighted by Gasteiger charge is 2.18. The van der Waals surface area contributed by atoms with E-state index in [1.165, 1.54) is 12.8 Å². The first-order chi connectivity index (χ1) is 8.83. The summed E-state index contributed by atoms with van der Waals surface area (Å²) in [4.78, 5) is 10.4. The van der Waals surface area contributed by atoms with Crippen molar-refractivity contribution in [1.82, 2.24) is 20.2 Å². The van der Waals surface area contributed by atoms with Crippen molar-refractivity contribution in [3.05, 3.63) is 30.1 Å². The molecule has 4 heteroatoms. The number of piperidine rings is 1. The van der Waals surface area contributed by atoms with E-state index in [-0.39, 0.29) is 0 Å². The van der Waals surface area contributed by atoms with Crippen LogP contribution in [0.3, 0.4) is 0 Å². The molecule has 1 aromatic carbocycles. The zero-order valence-corrected chi connectivity index (χ0v) is 10.8. The van der Waals surface area contributed by atoms with Crippen LogP contribution in [0, 0.1) is 0 Å². The smallest absolute Gasteiger partial charge is 0.121 e. The zero-order chi connectivity index (χ0) is 12.4. The van der Waals surface area contributed by atoms with Gasteiger partial charge in [-0.3, -0.25) is 4.90 Å².